The van der Waals surface area contributed by atoms with Gasteiger partial charge >= 0.3 is 0 Å². The Morgan fingerprint density at radius 3 is 2.80 bits per heavy atom. The van der Waals surface area contributed by atoms with Gasteiger partial charge in [0.15, 0.2) is 0 Å². The summed E-state index contributed by atoms with van der Waals surface area (Å²) in [6, 6.07) is 5.04. The Labute approximate surface area is 98.5 Å². The fraction of sp³-hybridized carbons (Fsp3) is 0.300. The van der Waals surface area contributed by atoms with Crippen LogP contribution in [0.2, 0.25) is 10.0 Å². The van der Waals surface area contributed by atoms with Gasteiger partial charge in [0.1, 0.15) is 0 Å². The van der Waals surface area contributed by atoms with Gasteiger partial charge in [-0.25, -0.2) is 0 Å². The van der Waals surface area contributed by atoms with E-state index in [0.717, 1.165) is 0 Å². The number of amides is 1. The number of primary amides is 1. The van der Waals surface area contributed by atoms with Crippen molar-refractivity contribution in [1.82, 2.24) is 0 Å². The first-order valence-corrected chi connectivity index (χ1v) is 5.24. The molecule has 0 spiro atoms. The maximum absolute atomic E-state index is 10.7. The molecule has 0 saturated carbocycles. The van der Waals surface area contributed by atoms with Crippen molar-refractivity contribution in [2.24, 2.45) is 5.73 Å². The molecular weight excluding hydrogens is 235 g/mol. The van der Waals surface area contributed by atoms with Crippen molar-refractivity contribution in [1.29, 1.82) is 0 Å². The summed E-state index contributed by atoms with van der Waals surface area (Å²) in [7, 11) is 0. The molecule has 1 atom stereocenters. The average Bonchev–Trinajstić information content (AvgIpc) is 2.10. The van der Waals surface area contributed by atoms with Crippen molar-refractivity contribution in [2.75, 3.05) is 5.32 Å². The predicted molar refractivity (Wildman–Crippen MR) is 63.4 cm³/mol. The van der Waals surface area contributed by atoms with E-state index in [1.54, 1.807) is 18.2 Å². The predicted octanol–water partition coefficient (Wildman–Crippen LogP) is 2.67. The summed E-state index contributed by atoms with van der Waals surface area (Å²) in [6.07, 6.45) is 0.253. The zero-order valence-corrected chi connectivity index (χ0v) is 9.77. The third-order valence-electron chi connectivity index (χ3n) is 1.84. The van der Waals surface area contributed by atoms with Gasteiger partial charge in [-0.05, 0) is 25.1 Å². The largest absolute Gasteiger partial charge is 0.381 e. The van der Waals surface area contributed by atoms with Gasteiger partial charge in [0, 0.05) is 17.5 Å². The van der Waals surface area contributed by atoms with E-state index in [1.165, 1.54) is 0 Å². The van der Waals surface area contributed by atoms with Crippen LogP contribution in [0.3, 0.4) is 0 Å². The summed E-state index contributed by atoms with van der Waals surface area (Å²) in [5.41, 5.74) is 5.78. The molecule has 15 heavy (non-hydrogen) atoms. The van der Waals surface area contributed by atoms with Crippen molar-refractivity contribution in [3.63, 3.8) is 0 Å². The molecule has 1 amide bonds. The molecule has 1 aromatic carbocycles. The Morgan fingerprint density at radius 1 is 1.53 bits per heavy atom. The van der Waals surface area contributed by atoms with E-state index in [1.807, 2.05) is 6.92 Å². The minimum absolute atomic E-state index is 0.0709. The topological polar surface area (TPSA) is 55.1 Å². The van der Waals surface area contributed by atoms with Crippen LogP contribution in [0.1, 0.15) is 13.3 Å². The number of nitrogens with one attached hydrogen (secondary N) is 1. The second kappa shape index (κ2) is 5.24. The number of benzene rings is 1. The van der Waals surface area contributed by atoms with Crippen molar-refractivity contribution in [3.8, 4) is 0 Å². The third kappa shape index (κ3) is 3.98. The Bertz CT molecular complexity index is 368. The molecule has 0 aliphatic rings. The van der Waals surface area contributed by atoms with Crippen molar-refractivity contribution < 1.29 is 4.79 Å². The second-order valence-electron chi connectivity index (χ2n) is 3.34. The normalized spacial score (nSPS) is 12.2. The Kier molecular flexibility index (Phi) is 4.24. The quantitative estimate of drug-likeness (QED) is 0.859. The van der Waals surface area contributed by atoms with Crippen LogP contribution in [-0.4, -0.2) is 11.9 Å². The molecule has 5 heteroatoms. The summed E-state index contributed by atoms with van der Waals surface area (Å²) in [5.74, 6) is -0.354. The minimum atomic E-state index is -0.354. The summed E-state index contributed by atoms with van der Waals surface area (Å²) >= 11 is 11.8. The van der Waals surface area contributed by atoms with Gasteiger partial charge in [-0.3, -0.25) is 4.79 Å². The molecular formula is C10H12Cl2N2O. The summed E-state index contributed by atoms with van der Waals surface area (Å²) < 4.78 is 0. The number of hydrogen-bond donors (Lipinski definition) is 2. The third-order valence-corrected chi connectivity index (χ3v) is 2.40. The van der Waals surface area contributed by atoms with Gasteiger partial charge in [0.25, 0.3) is 0 Å². The summed E-state index contributed by atoms with van der Waals surface area (Å²) in [4.78, 5) is 10.7. The molecule has 0 aliphatic carbocycles. The van der Waals surface area contributed by atoms with Crippen molar-refractivity contribution in [2.45, 2.75) is 19.4 Å². The van der Waals surface area contributed by atoms with Crippen LogP contribution in [0.15, 0.2) is 18.2 Å². The van der Waals surface area contributed by atoms with Crippen LogP contribution >= 0.6 is 23.2 Å². The van der Waals surface area contributed by atoms with E-state index in [2.05, 4.69) is 5.32 Å². The van der Waals surface area contributed by atoms with E-state index in [4.69, 9.17) is 28.9 Å². The number of nitrogens with two attached hydrogens (primary N) is 1. The molecule has 0 saturated heterocycles. The van der Waals surface area contributed by atoms with Crippen molar-refractivity contribution >= 4 is 34.8 Å². The van der Waals surface area contributed by atoms with Gasteiger partial charge in [0.2, 0.25) is 5.91 Å². The smallest absolute Gasteiger partial charge is 0.219 e. The summed E-state index contributed by atoms with van der Waals surface area (Å²) in [6.45, 7) is 1.85. The van der Waals surface area contributed by atoms with E-state index in [0.29, 0.717) is 15.7 Å². The number of carbonyl (C=O) groups is 1. The monoisotopic (exact) mass is 246 g/mol. The SMILES string of the molecule is CC(CC(N)=O)Nc1cc(Cl)ccc1Cl. The summed E-state index contributed by atoms with van der Waals surface area (Å²) in [5, 5.41) is 4.22. The standard InChI is InChI=1S/C10H12Cl2N2O/c1-6(4-10(13)15)14-9-5-7(11)2-3-8(9)12/h2-3,5-6,14H,4H2,1H3,(H2,13,15). The highest BCUT2D eigenvalue weighted by Crippen LogP contribution is 2.26. The van der Waals surface area contributed by atoms with Gasteiger partial charge in [-0.1, -0.05) is 23.2 Å². The molecule has 3 N–H and O–H groups in total. The molecule has 3 nitrogen and oxygen atoms in total. The number of hydrogen-bond acceptors (Lipinski definition) is 2. The Morgan fingerprint density at radius 2 is 2.20 bits per heavy atom. The lowest BCUT2D eigenvalue weighted by Gasteiger charge is -2.14. The minimum Gasteiger partial charge on any atom is -0.381 e. The number of rotatable bonds is 4. The Hall–Kier alpha value is -0.930. The van der Waals surface area contributed by atoms with Crippen LogP contribution in [0.25, 0.3) is 0 Å². The van der Waals surface area contributed by atoms with Gasteiger partial charge in [0.05, 0.1) is 10.7 Å². The van der Waals surface area contributed by atoms with E-state index in [9.17, 15) is 4.79 Å². The van der Waals surface area contributed by atoms with Gasteiger partial charge in [-0.2, -0.15) is 0 Å². The zero-order chi connectivity index (χ0) is 11.4. The van der Waals surface area contributed by atoms with E-state index in [-0.39, 0.29) is 18.4 Å². The lowest BCUT2D eigenvalue weighted by Crippen LogP contribution is -2.24. The fourth-order valence-corrected chi connectivity index (χ4v) is 1.57. The molecule has 82 valence electrons. The van der Waals surface area contributed by atoms with Gasteiger partial charge in [-0.15, -0.1) is 0 Å². The first kappa shape index (κ1) is 12.1. The highest BCUT2D eigenvalue weighted by atomic mass is 35.5. The lowest BCUT2D eigenvalue weighted by molar-refractivity contribution is -0.118. The van der Waals surface area contributed by atoms with Gasteiger partial charge < -0.3 is 11.1 Å². The van der Waals surface area contributed by atoms with E-state index < -0.39 is 0 Å². The number of halogens is 2. The molecule has 1 unspecified atom stereocenters. The van der Waals surface area contributed by atoms with E-state index >= 15 is 0 Å². The van der Waals surface area contributed by atoms with Crippen molar-refractivity contribution in [3.05, 3.63) is 28.2 Å². The highest BCUT2D eigenvalue weighted by Gasteiger charge is 2.08. The molecule has 0 aliphatic heterocycles. The zero-order valence-electron chi connectivity index (χ0n) is 8.26. The molecule has 0 fully saturated rings. The first-order valence-electron chi connectivity index (χ1n) is 4.49. The number of carbonyl (C=O) groups excluding carboxylic acids is 1. The highest BCUT2D eigenvalue weighted by molar-refractivity contribution is 6.35. The Balaban J connectivity index is 2.71. The maximum Gasteiger partial charge on any atom is 0.219 e. The average molecular weight is 247 g/mol. The molecule has 1 rings (SSSR count). The first-order chi connectivity index (χ1) is 6.99. The fourth-order valence-electron chi connectivity index (χ4n) is 1.23. The lowest BCUT2D eigenvalue weighted by atomic mass is 10.2. The molecule has 0 bridgehead atoms. The van der Waals surface area contributed by atoms with Crippen LogP contribution in [0.5, 0.6) is 0 Å². The molecule has 0 heterocycles. The van der Waals surface area contributed by atoms with Crippen LogP contribution < -0.4 is 11.1 Å². The number of anilines is 1. The molecule has 1 aromatic rings. The second-order valence-corrected chi connectivity index (χ2v) is 4.18. The molecule has 0 radical (unpaired) electrons. The maximum atomic E-state index is 10.7. The molecule has 0 aromatic heterocycles. The van der Waals surface area contributed by atoms with Crippen LogP contribution in [-0.2, 0) is 4.79 Å². The van der Waals surface area contributed by atoms with Crippen LogP contribution in [0, 0.1) is 0 Å². The van der Waals surface area contributed by atoms with Crippen LogP contribution in [0.4, 0.5) is 5.69 Å².